The predicted molar refractivity (Wildman–Crippen MR) is 74.1 cm³/mol. The molecular formula is C15H14N2O. The van der Waals surface area contributed by atoms with E-state index in [2.05, 4.69) is 9.89 Å². The lowest BCUT2D eigenvalue weighted by Gasteiger charge is -2.32. The van der Waals surface area contributed by atoms with Crippen LogP contribution in [0.15, 0.2) is 53.5 Å². The molecule has 0 fully saturated rings. The van der Waals surface area contributed by atoms with Crippen molar-refractivity contribution in [2.45, 2.75) is 6.92 Å². The van der Waals surface area contributed by atoms with E-state index < -0.39 is 0 Å². The molecule has 1 aliphatic rings. The molecule has 1 aliphatic heterocycles. The normalized spacial score (nSPS) is 13.7. The molecule has 3 heteroatoms. The van der Waals surface area contributed by atoms with E-state index in [0.29, 0.717) is 0 Å². The van der Waals surface area contributed by atoms with Gasteiger partial charge in [-0.05, 0) is 31.2 Å². The van der Waals surface area contributed by atoms with Gasteiger partial charge in [-0.25, -0.2) is 0 Å². The maximum absolute atomic E-state index is 5.91. The molecule has 0 atom stereocenters. The Kier molecular flexibility index (Phi) is 2.52. The fourth-order valence-corrected chi connectivity index (χ4v) is 2.15. The molecule has 3 rings (SSSR count). The topological polar surface area (TPSA) is 24.8 Å². The maximum atomic E-state index is 5.91. The van der Waals surface area contributed by atoms with Gasteiger partial charge >= 0.3 is 0 Å². The van der Waals surface area contributed by atoms with E-state index >= 15 is 0 Å². The summed E-state index contributed by atoms with van der Waals surface area (Å²) in [5.74, 6) is 2.66. The van der Waals surface area contributed by atoms with Crippen LogP contribution >= 0.6 is 0 Å². The molecule has 0 spiro atoms. The quantitative estimate of drug-likeness (QED) is 0.512. The molecule has 0 bridgehead atoms. The number of benzene rings is 2. The standard InChI is InChI=1S/C15H14N2O/c1-11(16-2)17-12-7-3-5-9-14(12)18-15-10-6-4-8-13(15)17/h3-10H,1-2H3/b16-11+. The Morgan fingerprint density at radius 3 is 1.94 bits per heavy atom. The molecule has 0 saturated carbocycles. The van der Waals surface area contributed by atoms with Crippen LogP contribution in [0.5, 0.6) is 11.5 Å². The third kappa shape index (κ3) is 1.56. The smallest absolute Gasteiger partial charge is 0.151 e. The van der Waals surface area contributed by atoms with Crippen LogP contribution in [-0.4, -0.2) is 12.9 Å². The summed E-state index contributed by atoms with van der Waals surface area (Å²) in [6.45, 7) is 2.00. The van der Waals surface area contributed by atoms with Crippen LogP contribution < -0.4 is 9.64 Å². The van der Waals surface area contributed by atoms with Gasteiger partial charge in [0.05, 0.1) is 11.4 Å². The molecule has 0 saturated heterocycles. The molecular weight excluding hydrogens is 224 g/mol. The van der Waals surface area contributed by atoms with E-state index in [1.807, 2.05) is 55.5 Å². The van der Waals surface area contributed by atoms with Crippen molar-refractivity contribution in [2.75, 3.05) is 11.9 Å². The maximum Gasteiger partial charge on any atom is 0.151 e. The van der Waals surface area contributed by atoms with Crippen LogP contribution in [0.2, 0.25) is 0 Å². The number of hydrogen-bond donors (Lipinski definition) is 0. The van der Waals surface area contributed by atoms with Crippen molar-refractivity contribution in [1.82, 2.24) is 0 Å². The number of amidine groups is 1. The van der Waals surface area contributed by atoms with Crippen LogP contribution in [0.4, 0.5) is 11.4 Å². The second-order valence-electron chi connectivity index (χ2n) is 4.14. The van der Waals surface area contributed by atoms with E-state index in [0.717, 1.165) is 28.7 Å². The van der Waals surface area contributed by atoms with Gasteiger partial charge in [-0.2, -0.15) is 0 Å². The highest BCUT2D eigenvalue weighted by molar-refractivity contribution is 6.06. The largest absolute Gasteiger partial charge is 0.453 e. The Bertz CT molecular complexity index is 574. The van der Waals surface area contributed by atoms with Crippen molar-refractivity contribution < 1.29 is 4.74 Å². The molecule has 0 aromatic heterocycles. The van der Waals surface area contributed by atoms with E-state index in [1.54, 1.807) is 7.05 Å². The fourth-order valence-electron chi connectivity index (χ4n) is 2.15. The average molecular weight is 238 g/mol. The van der Waals surface area contributed by atoms with Crippen molar-refractivity contribution in [3.8, 4) is 11.5 Å². The fraction of sp³-hybridized carbons (Fsp3) is 0.133. The van der Waals surface area contributed by atoms with Crippen LogP contribution in [0.25, 0.3) is 0 Å². The van der Waals surface area contributed by atoms with Crippen molar-refractivity contribution in [3.63, 3.8) is 0 Å². The van der Waals surface area contributed by atoms with Gasteiger partial charge < -0.3 is 4.74 Å². The monoisotopic (exact) mass is 238 g/mol. The molecule has 0 unspecified atom stereocenters. The Labute approximate surface area is 106 Å². The minimum absolute atomic E-state index is 0.860. The van der Waals surface area contributed by atoms with Gasteiger partial charge in [-0.3, -0.25) is 9.89 Å². The summed E-state index contributed by atoms with van der Waals surface area (Å²) >= 11 is 0. The van der Waals surface area contributed by atoms with Gasteiger partial charge in [-0.15, -0.1) is 0 Å². The van der Waals surface area contributed by atoms with Gasteiger partial charge in [0, 0.05) is 7.05 Å². The summed E-state index contributed by atoms with van der Waals surface area (Å²) in [6, 6.07) is 16.0. The first-order valence-corrected chi connectivity index (χ1v) is 5.90. The van der Waals surface area contributed by atoms with E-state index in [-0.39, 0.29) is 0 Å². The number of nitrogens with zero attached hydrogens (tertiary/aromatic N) is 2. The minimum atomic E-state index is 0.860. The van der Waals surface area contributed by atoms with Crippen molar-refractivity contribution in [3.05, 3.63) is 48.5 Å². The van der Waals surface area contributed by atoms with E-state index in [9.17, 15) is 0 Å². The number of para-hydroxylation sites is 4. The third-order valence-electron chi connectivity index (χ3n) is 3.08. The van der Waals surface area contributed by atoms with Crippen LogP contribution in [0, 0.1) is 0 Å². The Balaban J connectivity index is 2.24. The Morgan fingerprint density at radius 2 is 1.44 bits per heavy atom. The molecule has 2 aromatic rings. The zero-order valence-electron chi connectivity index (χ0n) is 10.4. The zero-order chi connectivity index (χ0) is 12.5. The third-order valence-corrected chi connectivity index (χ3v) is 3.08. The van der Waals surface area contributed by atoms with Gasteiger partial charge in [0.2, 0.25) is 0 Å². The highest BCUT2D eigenvalue weighted by Crippen LogP contribution is 2.46. The Morgan fingerprint density at radius 1 is 0.944 bits per heavy atom. The van der Waals surface area contributed by atoms with E-state index in [4.69, 9.17) is 4.74 Å². The summed E-state index contributed by atoms with van der Waals surface area (Å²) in [4.78, 5) is 6.42. The first kappa shape index (κ1) is 10.8. The van der Waals surface area contributed by atoms with Crippen LogP contribution in [0.1, 0.15) is 6.92 Å². The van der Waals surface area contributed by atoms with Crippen molar-refractivity contribution in [1.29, 1.82) is 0 Å². The van der Waals surface area contributed by atoms with Crippen molar-refractivity contribution >= 4 is 17.2 Å². The second kappa shape index (κ2) is 4.18. The second-order valence-corrected chi connectivity index (χ2v) is 4.14. The number of anilines is 2. The minimum Gasteiger partial charge on any atom is -0.453 e. The number of hydrogen-bond acceptors (Lipinski definition) is 2. The highest BCUT2D eigenvalue weighted by Gasteiger charge is 2.25. The number of ether oxygens (including phenoxy) is 1. The number of fused-ring (bicyclic) bond motifs is 2. The number of rotatable bonds is 0. The molecule has 0 N–H and O–H groups in total. The lowest BCUT2D eigenvalue weighted by atomic mass is 10.1. The molecule has 2 aromatic carbocycles. The predicted octanol–water partition coefficient (Wildman–Crippen LogP) is 3.98. The summed E-state index contributed by atoms with van der Waals surface area (Å²) < 4.78 is 5.91. The summed E-state index contributed by atoms with van der Waals surface area (Å²) in [5.41, 5.74) is 2.05. The van der Waals surface area contributed by atoms with Crippen LogP contribution in [0.3, 0.4) is 0 Å². The van der Waals surface area contributed by atoms with Gasteiger partial charge in [-0.1, -0.05) is 24.3 Å². The van der Waals surface area contributed by atoms with Gasteiger partial charge in [0.1, 0.15) is 5.84 Å². The first-order valence-electron chi connectivity index (χ1n) is 5.90. The highest BCUT2D eigenvalue weighted by atomic mass is 16.5. The SMILES string of the molecule is C/N=C(\C)N1c2ccccc2Oc2ccccc21. The summed E-state index contributed by atoms with van der Waals surface area (Å²) in [7, 11) is 1.80. The van der Waals surface area contributed by atoms with Crippen molar-refractivity contribution in [2.24, 2.45) is 4.99 Å². The van der Waals surface area contributed by atoms with E-state index in [1.165, 1.54) is 0 Å². The van der Waals surface area contributed by atoms with Gasteiger partial charge in [0.15, 0.2) is 11.5 Å². The van der Waals surface area contributed by atoms with Crippen LogP contribution in [-0.2, 0) is 0 Å². The lowest BCUT2D eigenvalue weighted by Crippen LogP contribution is -2.26. The average Bonchev–Trinajstić information content (AvgIpc) is 2.44. The lowest BCUT2D eigenvalue weighted by molar-refractivity contribution is 0.477. The summed E-state index contributed by atoms with van der Waals surface area (Å²) in [5, 5.41) is 0. The molecule has 18 heavy (non-hydrogen) atoms. The molecule has 0 aliphatic carbocycles. The molecule has 0 radical (unpaired) electrons. The molecule has 90 valence electrons. The summed E-state index contributed by atoms with van der Waals surface area (Å²) in [6.07, 6.45) is 0. The molecule has 1 heterocycles. The molecule has 0 amide bonds. The first-order chi connectivity index (χ1) is 8.81. The van der Waals surface area contributed by atoms with Gasteiger partial charge in [0.25, 0.3) is 0 Å². The number of aliphatic imine (C=N–C) groups is 1. The zero-order valence-corrected chi connectivity index (χ0v) is 10.4. The molecule has 3 nitrogen and oxygen atoms in total. The Hall–Kier alpha value is -2.29.